The number of ether oxygens (including phenoxy) is 1. The van der Waals surface area contributed by atoms with E-state index in [1.807, 2.05) is 32.9 Å². The molecule has 3 nitrogen and oxygen atoms in total. The Labute approximate surface area is 103 Å². The highest BCUT2D eigenvalue weighted by Crippen LogP contribution is 2.33. The van der Waals surface area contributed by atoms with Gasteiger partial charge in [0.2, 0.25) is 0 Å². The highest BCUT2D eigenvalue weighted by atomic mass is 16.5. The van der Waals surface area contributed by atoms with Gasteiger partial charge in [0, 0.05) is 0 Å². The fraction of sp³-hybridized carbons (Fsp3) is 0.571. The normalized spacial score (nSPS) is 16.4. The Morgan fingerprint density at radius 3 is 2.35 bits per heavy atom. The molecule has 1 rings (SSSR count). The maximum Gasteiger partial charge on any atom is 0.122 e. The predicted octanol–water partition coefficient (Wildman–Crippen LogP) is 2.51. The number of aliphatic hydroxyl groups excluding tert-OH is 1. The van der Waals surface area contributed by atoms with E-state index in [9.17, 15) is 10.2 Å². The summed E-state index contributed by atoms with van der Waals surface area (Å²) in [7, 11) is 1.63. The van der Waals surface area contributed by atoms with Gasteiger partial charge in [-0.05, 0) is 56.0 Å². The Hall–Kier alpha value is -1.06. The van der Waals surface area contributed by atoms with Crippen molar-refractivity contribution in [1.29, 1.82) is 0 Å². The van der Waals surface area contributed by atoms with Crippen molar-refractivity contribution in [2.75, 3.05) is 7.11 Å². The molecule has 2 N–H and O–H groups in total. The van der Waals surface area contributed by atoms with E-state index in [2.05, 4.69) is 0 Å². The Kier molecular flexibility index (Phi) is 4.17. The fourth-order valence-electron chi connectivity index (χ4n) is 1.85. The first-order chi connectivity index (χ1) is 7.83. The van der Waals surface area contributed by atoms with Crippen LogP contribution in [0.1, 0.15) is 43.1 Å². The zero-order valence-corrected chi connectivity index (χ0v) is 11.2. The smallest absolute Gasteiger partial charge is 0.122 e. The molecule has 2 unspecified atom stereocenters. The van der Waals surface area contributed by atoms with Crippen LogP contribution in [-0.4, -0.2) is 22.9 Å². The van der Waals surface area contributed by atoms with Crippen LogP contribution in [0.5, 0.6) is 5.75 Å². The molecule has 0 saturated heterocycles. The van der Waals surface area contributed by atoms with Crippen LogP contribution in [0.2, 0.25) is 0 Å². The highest BCUT2D eigenvalue weighted by Gasteiger charge is 2.30. The number of hydrogen-bond acceptors (Lipinski definition) is 3. The molecule has 2 atom stereocenters. The molecular formula is C14H22O3. The maximum atomic E-state index is 10.2. The SMILES string of the molecule is CCC(C)(O)C(O)c1cc(C)c(OC)cc1C. The number of hydrogen-bond donors (Lipinski definition) is 2. The van der Waals surface area contributed by atoms with Gasteiger partial charge in [-0.25, -0.2) is 0 Å². The van der Waals surface area contributed by atoms with E-state index in [4.69, 9.17) is 4.74 Å². The molecule has 0 aliphatic carbocycles. The molecule has 0 aromatic heterocycles. The van der Waals surface area contributed by atoms with E-state index in [0.29, 0.717) is 6.42 Å². The first-order valence-corrected chi connectivity index (χ1v) is 5.89. The summed E-state index contributed by atoms with van der Waals surface area (Å²) in [5.74, 6) is 0.801. The van der Waals surface area contributed by atoms with Gasteiger partial charge in [-0.1, -0.05) is 6.92 Å². The molecule has 0 spiro atoms. The van der Waals surface area contributed by atoms with Gasteiger partial charge in [0.15, 0.2) is 0 Å². The van der Waals surface area contributed by atoms with Gasteiger partial charge in [-0.2, -0.15) is 0 Å². The average molecular weight is 238 g/mol. The highest BCUT2D eigenvalue weighted by molar-refractivity contribution is 5.43. The average Bonchev–Trinajstić information content (AvgIpc) is 2.30. The van der Waals surface area contributed by atoms with Crippen LogP contribution in [0.4, 0.5) is 0 Å². The van der Waals surface area contributed by atoms with E-state index in [-0.39, 0.29) is 0 Å². The second-order valence-electron chi connectivity index (χ2n) is 4.79. The van der Waals surface area contributed by atoms with Crippen molar-refractivity contribution in [3.63, 3.8) is 0 Å². The molecule has 0 amide bonds. The Morgan fingerprint density at radius 2 is 1.88 bits per heavy atom. The van der Waals surface area contributed by atoms with Crippen LogP contribution in [0.25, 0.3) is 0 Å². The lowest BCUT2D eigenvalue weighted by Crippen LogP contribution is -2.32. The van der Waals surface area contributed by atoms with Crippen molar-refractivity contribution in [1.82, 2.24) is 0 Å². The second kappa shape index (κ2) is 5.07. The Balaban J connectivity index is 3.19. The molecular weight excluding hydrogens is 216 g/mol. The number of methoxy groups -OCH3 is 1. The predicted molar refractivity (Wildman–Crippen MR) is 68.3 cm³/mol. The monoisotopic (exact) mass is 238 g/mol. The summed E-state index contributed by atoms with van der Waals surface area (Å²) in [6.07, 6.45) is -0.379. The minimum Gasteiger partial charge on any atom is -0.496 e. The molecule has 0 aliphatic heterocycles. The third-order valence-electron chi connectivity index (χ3n) is 3.38. The third kappa shape index (κ3) is 2.79. The largest absolute Gasteiger partial charge is 0.496 e. The van der Waals surface area contributed by atoms with Gasteiger partial charge in [0.05, 0.1) is 12.7 Å². The van der Waals surface area contributed by atoms with Crippen LogP contribution >= 0.6 is 0 Å². The topological polar surface area (TPSA) is 49.7 Å². The number of benzene rings is 1. The van der Waals surface area contributed by atoms with E-state index in [1.54, 1.807) is 14.0 Å². The summed E-state index contributed by atoms with van der Waals surface area (Å²) >= 11 is 0. The Bertz CT molecular complexity index is 397. The molecule has 3 heteroatoms. The second-order valence-corrected chi connectivity index (χ2v) is 4.79. The van der Waals surface area contributed by atoms with E-state index >= 15 is 0 Å². The molecule has 0 fully saturated rings. The third-order valence-corrected chi connectivity index (χ3v) is 3.38. The lowest BCUT2D eigenvalue weighted by atomic mass is 9.87. The molecule has 0 radical (unpaired) electrons. The summed E-state index contributed by atoms with van der Waals surface area (Å²) in [4.78, 5) is 0. The van der Waals surface area contributed by atoms with E-state index in [0.717, 1.165) is 22.4 Å². The summed E-state index contributed by atoms with van der Waals surface area (Å²) in [6, 6.07) is 3.77. The van der Waals surface area contributed by atoms with Crippen LogP contribution in [-0.2, 0) is 0 Å². The zero-order valence-electron chi connectivity index (χ0n) is 11.2. The molecule has 0 heterocycles. The molecule has 96 valence electrons. The molecule has 1 aromatic carbocycles. The van der Waals surface area contributed by atoms with Gasteiger partial charge >= 0.3 is 0 Å². The van der Waals surface area contributed by atoms with Gasteiger partial charge in [-0.15, -0.1) is 0 Å². The standard InChI is InChI=1S/C14H22O3/c1-6-14(4,16)13(15)11-7-10(3)12(17-5)8-9(11)2/h7-8,13,15-16H,6H2,1-5H3. The fourth-order valence-corrected chi connectivity index (χ4v) is 1.85. The summed E-state index contributed by atoms with van der Waals surface area (Å²) < 4.78 is 5.23. The lowest BCUT2D eigenvalue weighted by molar-refractivity contribution is -0.0661. The molecule has 1 aromatic rings. The number of aryl methyl sites for hydroxylation is 2. The summed E-state index contributed by atoms with van der Waals surface area (Å²) in [5.41, 5.74) is 1.54. The quantitative estimate of drug-likeness (QED) is 0.847. The summed E-state index contributed by atoms with van der Waals surface area (Å²) in [6.45, 7) is 7.34. The van der Waals surface area contributed by atoms with E-state index < -0.39 is 11.7 Å². The van der Waals surface area contributed by atoms with Crippen molar-refractivity contribution in [3.8, 4) is 5.75 Å². The maximum absolute atomic E-state index is 10.2. The minimum absolute atomic E-state index is 0.499. The van der Waals surface area contributed by atoms with Gasteiger partial charge in [-0.3, -0.25) is 0 Å². The van der Waals surface area contributed by atoms with Crippen LogP contribution in [0.3, 0.4) is 0 Å². The molecule has 0 bridgehead atoms. The lowest BCUT2D eigenvalue weighted by Gasteiger charge is -2.29. The molecule has 0 aliphatic rings. The van der Waals surface area contributed by atoms with Gasteiger partial charge < -0.3 is 14.9 Å². The number of aliphatic hydroxyl groups is 2. The van der Waals surface area contributed by atoms with Crippen molar-refractivity contribution in [3.05, 3.63) is 28.8 Å². The van der Waals surface area contributed by atoms with Crippen molar-refractivity contribution >= 4 is 0 Å². The van der Waals surface area contributed by atoms with Gasteiger partial charge in [0.25, 0.3) is 0 Å². The van der Waals surface area contributed by atoms with E-state index in [1.165, 1.54) is 0 Å². The van der Waals surface area contributed by atoms with Crippen LogP contribution < -0.4 is 4.74 Å². The van der Waals surface area contributed by atoms with Crippen molar-refractivity contribution < 1.29 is 14.9 Å². The van der Waals surface area contributed by atoms with Crippen molar-refractivity contribution in [2.24, 2.45) is 0 Å². The molecule has 17 heavy (non-hydrogen) atoms. The Morgan fingerprint density at radius 1 is 1.29 bits per heavy atom. The molecule has 0 saturated carbocycles. The number of rotatable bonds is 4. The first-order valence-electron chi connectivity index (χ1n) is 5.89. The first kappa shape index (κ1) is 14.0. The van der Waals surface area contributed by atoms with Crippen molar-refractivity contribution in [2.45, 2.75) is 45.8 Å². The van der Waals surface area contributed by atoms with Crippen LogP contribution in [0.15, 0.2) is 12.1 Å². The minimum atomic E-state index is -1.11. The van der Waals surface area contributed by atoms with Crippen LogP contribution in [0, 0.1) is 13.8 Å². The summed E-state index contributed by atoms with van der Waals surface area (Å²) in [5, 5.41) is 20.3. The van der Waals surface area contributed by atoms with Gasteiger partial charge in [0.1, 0.15) is 11.9 Å². The zero-order chi connectivity index (χ0) is 13.2.